The second-order valence-electron chi connectivity index (χ2n) is 5.32. The topological polar surface area (TPSA) is 76.1 Å². The molecular formula is C16H23NO5. The molecule has 6 nitrogen and oxygen atoms in total. The largest absolute Gasteiger partial charge is 0.497 e. The third-order valence-corrected chi connectivity index (χ3v) is 3.11. The van der Waals surface area contributed by atoms with Crippen LogP contribution >= 0.6 is 0 Å². The first-order chi connectivity index (χ1) is 10.4. The fraction of sp³-hybridized carbons (Fsp3) is 0.500. The molecule has 1 N–H and O–H groups in total. The molecule has 122 valence electrons. The molecule has 0 aromatic heterocycles. The third kappa shape index (κ3) is 4.95. The van der Waals surface area contributed by atoms with Crippen LogP contribution in [0.3, 0.4) is 0 Å². The van der Waals surface area contributed by atoms with Gasteiger partial charge in [0, 0.05) is 19.0 Å². The summed E-state index contributed by atoms with van der Waals surface area (Å²) in [6, 6.07) is 5.11. The SMILES string of the molecule is COc1ccc(OC)c(N(CCC(=O)O)C(=O)CC(C)C)c1. The number of carboxylic acids is 1. The van der Waals surface area contributed by atoms with Crippen molar-refractivity contribution in [2.45, 2.75) is 26.7 Å². The van der Waals surface area contributed by atoms with Crippen LogP contribution in [0.5, 0.6) is 11.5 Å². The Bertz CT molecular complexity index is 527. The number of carbonyl (C=O) groups excluding carboxylic acids is 1. The Morgan fingerprint density at radius 2 is 1.91 bits per heavy atom. The van der Waals surface area contributed by atoms with E-state index in [4.69, 9.17) is 14.6 Å². The quantitative estimate of drug-likeness (QED) is 0.798. The van der Waals surface area contributed by atoms with Gasteiger partial charge in [0.15, 0.2) is 0 Å². The minimum atomic E-state index is -0.954. The van der Waals surface area contributed by atoms with E-state index in [2.05, 4.69) is 0 Å². The van der Waals surface area contributed by atoms with Crippen LogP contribution in [0.2, 0.25) is 0 Å². The van der Waals surface area contributed by atoms with Crippen molar-refractivity contribution in [1.29, 1.82) is 0 Å². The normalized spacial score (nSPS) is 10.4. The number of rotatable bonds is 8. The molecule has 0 spiro atoms. The lowest BCUT2D eigenvalue weighted by Crippen LogP contribution is -2.34. The highest BCUT2D eigenvalue weighted by molar-refractivity contribution is 5.95. The van der Waals surface area contributed by atoms with E-state index in [9.17, 15) is 9.59 Å². The van der Waals surface area contributed by atoms with Crippen LogP contribution < -0.4 is 14.4 Å². The van der Waals surface area contributed by atoms with Gasteiger partial charge in [-0.15, -0.1) is 0 Å². The van der Waals surface area contributed by atoms with Gasteiger partial charge in [-0.25, -0.2) is 0 Å². The molecule has 1 aromatic rings. The summed E-state index contributed by atoms with van der Waals surface area (Å²) in [5.74, 6) is 0.167. The summed E-state index contributed by atoms with van der Waals surface area (Å²) in [6.07, 6.45) is 0.199. The molecule has 1 rings (SSSR count). The van der Waals surface area contributed by atoms with E-state index >= 15 is 0 Å². The number of nitrogens with zero attached hydrogens (tertiary/aromatic N) is 1. The second-order valence-corrected chi connectivity index (χ2v) is 5.32. The van der Waals surface area contributed by atoms with E-state index in [0.717, 1.165) is 0 Å². The lowest BCUT2D eigenvalue weighted by atomic mass is 10.1. The fourth-order valence-electron chi connectivity index (χ4n) is 2.05. The summed E-state index contributed by atoms with van der Waals surface area (Å²) in [5.41, 5.74) is 0.522. The van der Waals surface area contributed by atoms with Crippen LogP contribution in [0.15, 0.2) is 18.2 Å². The fourth-order valence-corrected chi connectivity index (χ4v) is 2.05. The Kier molecular flexibility index (Phi) is 6.69. The zero-order chi connectivity index (χ0) is 16.7. The summed E-state index contributed by atoms with van der Waals surface area (Å²) < 4.78 is 10.5. The van der Waals surface area contributed by atoms with Crippen LogP contribution in [0.4, 0.5) is 5.69 Å². The highest BCUT2D eigenvalue weighted by Crippen LogP contribution is 2.33. The van der Waals surface area contributed by atoms with Gasteiger partial charge in [0.05, 0.1) is 26.3 Å². The molecule has 0 saturated carbocycles. The number of methoxy groups -OCH3 is 2. The first-order valence-corrected chi connectivity index (χ1v) is 7.13. The standard InChI is InChI=1S/C16H23NO5/c1-11(2)9-15(18)17(8-7-16(19)20)13-10-12(21-3)5-6-14(13)22-4/h5-6,10-11H,7-9H2,1-4H3,(H,19,20). The number of carbonyl (C=O) groups is 2. The van der Waals surface area contributed by atoms with Crippen LogP contribution in [0.1, 0.15) is 26.7 Å². The van der Waals surface area contributed by atoms with Crippen molar-refractivity contribution in [1.82, 2.24) is 0 Å². The van der Waals surface area contributed by atoms with Crippen molar-refractivity contribution in [3.8, 4) is 11.5 Å². The van der Waals surface area contributed by atoms with Crippen LogP contribution in [-0.4, -0.2) is 37.7 Å². The molecule has 0 radical (unpaired) electrons. The smallest absolute Gasteiger partial charge is 0.305 e. The molecule has 0 saturated heterocycles. The zero-order valence-corrected chi connectivity index (χ0v) is 13.5. The first kappa shape index (κ1) is 17.8. The molecule has 22 heavy (non-hydrogen) atoms. The molecule has 0 unspecified atom stereocenters. The van der Waals surface area contributed by atoms with E-state index in [1.807, 2.05) is 13.8 Å². The Morgan fingerprint density at radius 1 is 1.23 bits per heavy atom. The maximum atomic E-state index is 12.5. The molecular weight excluding hydrogens is 286 g/mol. The minimum Gasteiger partial charge on any atom is -0.497 e. The highest BCUT2D eigenvalue weighted by Gasteiger charge is 2.21. The zero-order valence-electron chi connectivity index (χ0n) is 13.5. The molecule has 0 aliphatic rings. The Hall–Kier alpha value is -2.24. The molecule has 0 aliphatic heterocycles. The summed E-state index contributed by atoms with van der Waals surface area (Å²) in [4.78, 5) is 24.8. The highest BCUT2D eigenvalue weighted by atomic mass is 16.5. The van der Waals surface area contributed by atoms with Crippen molar-refractivity contribution in [2.24, 2.45) is 5.92 Å². The van der Waals surface area contributed by atoms with Gasteiger partial charge in [-0.05, 0) is 18.1 Å². The molecule has 0 bridgehead atoms. The third-order valence-electron chi connectivity index (χ3n) is 3.11. The molecule has 1 aromatic carbocycles. The molecule has 0 atom stereocenters. The number of aliphatic carboxylic acids is 1. The molecule has 0 aliphatic carbocycles. The number of ether oxygens (including phenoxy) is 2. The summed E-state index contributed by atoms with van der Waals surface area (Å²) in [7, 11) is 3.04. The number of anilines is 1. The number of hydrogen-bond donors (Lipinski definition) is 1. The van der Waals surface area contributed by atoms with E-state index in [1.54, 1.807) is 18.2 Å². The van der Waals surface area contributed by atoms with Gasteiger partial charge < -0.3 is 19.5 Å². The summed E-state index contributed by atoms with van der Waals surface area (Å²) in [6.45, 7) is 3.97. The maximum Gasteiger partial charge on any atom is 0.305 e. The first-order valence-electron chi connectivity index (χ1n) is 7.13. The average Bonchev–Trinajstić information content (AvgIpc) is 2.46. The minimum absolute atomic E-state index is 0.0877. The average molecular weight is 309 g/mol. The van der Waals surface area contributed by atoms with Gasteiger partial charge in [0.2, 0.25) is 5.91 Å². The number of hydrogen-bond acceptors (Lipinski definition) is 4. The molecule has 0 heterocycles. The van der Waals surface area contributed by atoms with Crippen molar-refractivity contribution >= 4 is 17.6 Å². The molecule has 0 fully saturated rings. The number of carboxylic acid groups (broad SMARTS) is 1. The van der Waals surface area contributed by atoms with Gasteiger partial charge in [-0.1, -0.05) is 13.8 Å². The number of amides is 1. The van der Waals surface area contributed by atoms with Crippen LogP contribution in [-0.2, 0) is 9.59 Å². The Morgan fingerprint density at radius 3 is 2.41 bits per heavy atom. The number of benzene rings is 1. The van der Waals surface area contributed by atoms with Crippen molar-refractivity contribution in [3.63, 3.8) is 0 Å². The van der Waals surface area contributed by atoms with Gasteiger partial charge in [-0.2, -0.15) is 0 Å². The van der Waals surface area contributed by atoms with Crippen LogP contribution in [0, 0.1) is 5.92 Å². The predicted octanol–water partition coefficient (Wildman–Crippen LogP) is 2.56. The molecule has 1 amide bonds. The van der Waals surface area contributed by atoms with E-state index in [1.165, 1.54) is 19.1 Å². The maximum absolute atomic E-state index is 12.5. The Labute approximate surface area is 130 Å². The van der Waals surface area contributed by atoms with Gasteiger partial charge >= 0.3 is 5.97 Å². The van der Waals surface area contributed by atoms with E-state index in [0.29, 0.717) is 23.6 Å². The molecule has 6 heteroatoms. The van der Waals surface area contributed by atoms with Crippen LogP contribution in [0.25, 0.3) is 0 Å². The summed E-state index contributed by atoms with van der Waals surface area (Å²) >= 11 is 0. The summed E-state index contributed by atoms with van der Waals surface area (Å²) in [5, 5.41) is 8.91. The van der Waals surface area contributed by atoms with Crippen molar-refractivity contribution in [2.75, 3.05) is 25.7 Å². The predicted molar refractivity (Wildman–Crippen MR) is 83.6 cm³/mol. The van der Waals surface area contributed by atoms with Crippen molar-refractivity contribution < 1.29 is 24.2 Å². The van der Waals surface area contributed by atoms with Gasteiger partial charge in [0.25, 0.3) is 0 Å². The van der Waals surface area contributed by atoms with Gasteiger partial charge in [-0.3, -0.25) is 9.59 Å². The van der Waals surface area contributed by atoms with Gasteiger partial charge in [0.1, 0.15) is 11.5 Å². The van der Waals surface area contributed by atoms with Crippen molar-refractivity contribution in [3.05, 3.63) is 18.2 Å². The van der Waals surface area contributed by atoms with E-state index in [-0.39, 0.29) is 24.8 Å². The Balaban J connectivity index is 3.17. The monoisotopic (exact) mass is 309 g/mol. The second kappa shape index (κ2) is 8.26. The van der Waals surface area contributed by atoms with E-state index < -0.39 is 5.97 Å². The lowest BCUT2D eigenvalue weighted by Gasteiger charge is -2.25. The lowest BCUT2D eigenvalue weighted by molar-refractivity contribution is -0.136.